The van der Waals surface area contributed by atoms with Crippen molar-refractivity contribution in [1.82, 2.24) is 14.9 Å². The van der Waals surface area contributed by atoms with Gasteiger partial charge in [0.15, 0.2) is 11.0 Å². The normalized spacial score (nSPS) is 29.0. The number of aromatic amines is 1. The molecule has 1 saturated heterocycles. The summed E-state index contributed by atoms with van der Waals surface area (Å²) in [5.74, 6) is 0. The zero-order chi connectivity index (χ0) is 15.6. The second-order valence-corrected chi connectivity index (χ2v) is 5.22. The lowest BCUT2D eigenvalue weighted by atomic mass is 10.1. The highest BCUT2D eigenvalue weighted by molar-refractivity contribution is 7.71. The predicted molar refractivity (Wildman–Crippen MR) is 76.3 cm³/mol. The molecule has 2 rings (SSSR count). The smallest absolute Gasteiger partial charge is 0.256 e. The van der Waals surface area contributed by atoms with E-state index in [2.05, 4.69) is 10.3 Å². The fraction of sp³-hybridized carbons (Fsp3) is 0.667. The van der Waals surface area contributed by atoms with Crippen molar-refractivity contribution in [3.8, 4) is 0 Å². The van der Waals surface area contributed by atoms with E-state index in [1.54, 1.807) is 0 Å². The van der Waals surface area contributed by atoms with Gasteiger partial charge in [-0.3, -0.25) is 14.3 Å². The lowest BCUT2D eigenvalue weighted by Crippen LogP contribution is -2.33. The first kappa shape index (κ1) is 16.3. The summed E-state index contributed by atoms with van der Waals surface area (Å²) in [5, 5.41) is 31.9. The summed E-state index contributed by atoms with van der Waals surface area (Å²) in [6.45, 7) is 2.53. The molecule has 9 heteroatoms. The largest absolute Gasteiger partial charge is 0.394 e. The van der Waals surface area contributed by atoms with Crippen LogP contribution in [0.2, 0.25) is 0 Å². The Kier molecular flexibility index (Phi) is 5.25. The highest BCUT2D eigenvalue weighted by atomic mass is 32.1. The van der Waals surface area contributed by atoms with Gasteiger partial charge in [-0.25, -0.2) is 0 Å². The maximum Gasteiger partial charge on any atom is 0.256 e. The van der Waals surface area contributed by atoms with Gasteiger partial charge in [0.2, 0.25) is 0 Å². The summed E-state index contributed by atoms with van der Waals surface area (Å²) >= 11 is 5.07. The Morgan fingerprint density at radius 3 is 2.76 bits per heavy atom. The molecule has 0 amide bonds. The Bertz CT molecular complexity index is 601. The molecule has 2 unspecified atom stereocenters. The second kappa shape index (κ2) is 6.77. The van der Waals surface area contributed by atoms with Gasteiger partial charge in [0.05, 0.1) is 6.61 Å². The highest BCUT2D eigenvalue weighted by Gasteiger charge is 2.43. The van der Waals surface area contributed by atoms with Crippen molar-refractivity contribution < 1.29 is 20.1 Å². The van der Waals surface area contributed by atoms with E-state index < -0.39 is 31.1 Å². The van der Waals surface area contributed by atoms with Gasteiger partial charge in [0.1, 0.15) is 18.3 Å². The molecule has 0 radical (unpaired) electrons. The molecule has 4 atom stereocenters. The number of nitrogens with one attached hydrogen (secondary N) is 2. The van der Waals surface area contributed by atoms with E-state index >= 15 is 0 Å². The van der Waals surface area contributed by atoms with Crippen LogP contribution in [0.15, 0.2) is 11.0 Å². The lowest BCUT2D eigenvalue weighted by Gasteiger charge is -2.19. The summed E-state index contributed by atoms with van der Waals surface area (Å²) in [6.07, 6.45) is -2.82. The monoisotopic (exact) mass is 317 g/mol. The van der Waals surface area contributed by atoms with Crippen LogP contribution in [0.1, 0.15) is 18.7 Å². The third-order valence-electron chi connectivity index (χ3n) is 3.40. The minimum atomic E-state index is -1.24. The van der Waals surface area contributed by atoms with E-state index in [9.17, 15) is 15.0 Å². The number of hydrogen-bond donors (Lipinski definition) is 5. The van der Waals surface area contributed by atoms with Crippen molar-refractivity contribution in [1.29, 1.82) is 0 Å². The predicted octanol–water partition coefficient (Wildman–Crippen LogP) is -1.37. The molecule has 118 valence electrons. The number of aliphatic hydroxyl groups is 3. The summed E-state index contributed by atoms with van der Waals surface area (Å²) in [6, 6.07) is 0. The molecule has 2 heterocycles. The summed E-state index contributed by atoms with van der Waals surface area (Å²) in [4.78, 5) is 14.3. The number of ether oxygens (including phenoxy) is 1. The first-order valence-corrected chi connectivity index (χ1v) is 7.08. The van der Waals surface area contributed by atoms with E-state index in [1.165, 1.54) is 10.8 Å². The van der Waals surface area contributed by atoms with Crippen LogP contribution in [0.3, 0.4) is 0 Å². The van der Waals surface area contributed by atoms with E-state index in [0.29, 0.717) is 18.7 Å². The van der Waals surface area contributed by atoms with Crippen molar-refractivity contribution in [3.05, 3.63) is 26.9 Å². The van der Waals surface area contributed by atoms with E-state index in [4.69, 9.17) is 22.1 Å². The minimum absolute atomic E-state index is 0.0788. The topological polar surface area (TPSA) is 120 Å². The van der Waals surface area contributed by atoms with Crippen LogP contribution in [0.5, 0.6) is 0 Å². The second-order valence-electron chi connectivity index (χ2n) is 4.83. The van der Waals surface area contributed by atoms with Crippen LogP contribution in [-0.4, -0.2) is 56.3 Å². The summed E-state index contributed by atoms with van der Waals surface area (Å²) < 4.78 is 6.87. The summed E-state index contributed by atoms with van der Waals surface area (Å²) in [7, 11) is 0. The molecule has 1 aliphatic rings. The van der Waals surface area contributed by atoms with Crippen molar-refractivity contribution in [2.75, 3.05) is 13.2 Å². The van der Waals surface area contributed by atoms with Gasteiger partial charge in [-0.1, -0.05) is 6.92 Å². The van der Waals surface area contributed by atoms with Gasteiger partial charge < -0.3 is 25.4 Å². The molecule has 0 aliphatic carbocycles. The van der Waals surface area contributed by atoms with Crippen LogP contribution >= 0.6 is 12.2 Å². The third kappa shape index (κ3) is 3.23. The average molecular weight is 317 g/mol. The number of nitrogens with zero attached hydrogens (tertiary/aromatic N) is 1. The zero-order valence-corrected chi connectivity index (χ0v) is 12.3. The summed E-state index contributed by atoms with van der Waals surface area (Å²) in [5.41, 5.74) is 0.118. The highest BCUT2D eigenvalue weighted by Crippen LogP contribution is 2.29. The fourth-order valence-electron chi connectivity index (χ4n) is 2.21. The third-order valence-corrected chi connectivity index (χ3v) is 3.71. The SMILES string of the molecule is CCNCc1cn([C@H]2O[C@@H](CO)C(O)C2O)c(=S)[nH]c1=O. The molecule has 0 bridgehead atoms. The molecule has 8 nitrogen and oxygen atoms in total. The number of rotatable bonds is 5. The first-order chi connectivity index (χ1) is 9.99. The Labute approximate surface area is 126 Å². The Morgan fingerprint density at radius 2 is 2.19 bits per heavy atom. The fourth-order valence-corrected chi connectivity index (χ4v) is 2.46. The Hall–Kier alpha value is -1.10. The molecule has 1 fully saturated rings. The van der Waals surface area contributed by atoms with Crippen molar-refractivity contribution in [3.63, 3.8) is 0 Å². The molecule has 1 aromatic heterocycles. The zero-order valence-electron chi connectivity index (χ0n) is 11.5. The van der Waals surface area contributed by atoms with Gasteiger partial charge in [0.25, 0.3) is 5.56 Å². The number of aromatic nitrogens is 2. The van der Waals surface area contributed by atoms with Gasteiger partial charge >= 0.3 is 0 Å². The minimum Gasteiger partial charge on any atom is -0.394 e. The van der Waals surface area contributed by atoms with E-state index in [0.717, 1.165) is 0 Å². The maximum atomic E-state index is 11.8. The van der Waals surface area contributed by atoms with Gasteiger partial charge in [0, 0.05) is 18.3 Å². The van der Waals surface area contributed by atoms with Gasteiger partial charge in [-0.2, -0.15) is 0 Å². The van der Waals surface area contributed by atoms with Crippen LogP contribution in [0, 0.1) is 4.77 Å². The quantitative estimate of drug-likeness (QED) is 0.425. The maximum absolute atomic E-state index is 11.8. The van der Waals surface area contributed by atoms with Crippen LogP contribution < -0.4 is 10.9 Å². The number of H-pyrrole nitrogens is 1. The number of aliphatic hydroxyl groups excluding tert-OH is 3. The Balaban J connectivity index is 2.35. The molecule has 0 spiro atoms. The van der Waals surface area contributed by atoms with E-state index in [1.807, 2.05) is 6.92 Å². The van der Waals surface area contributed by atoms with Crippen LogP contribution in [0.4, 0.5) is 0 Å². The van der Waals surface area contributed by atoms with Crippen LogP contribution in [-0.2, 0) is 11.3 Å². The van der Waals surface area contributed by atoms with Crippen LogP contribution in [0.25, 0.3) is 0 Å². The molecule has 1 aliphatic heterocycles. The van der Waals surface area contributed by atoms with Gasteiger partial charge in [-0.15, -0.1) is 0 Å². The van der Waals surface area contributed by atoms with Crippen molar-refractivity contribution in [2.45, 2.75) is 38.0 Å². The molecular formula is C12H19N3O5S. The Morgan fingerprint density at radius 1 is 1.48 bits per heavy atom. The average Bonchev–Trinajstić information content (AvgIpc) is 2.74. The molecule has 5 N–H and O–H groups in total. The lowest BCUT2D eigenvalue weighted by molar-refractivity contribution is -0.0542. The van der Waals surface area contributed by atoms with E-state index in [-0.39, 0.29) is 10.3 Å². The van der Waals surface area contributed by atoms with Gasteiger partial charge in [-0.05, 0) is 18.8 Å². The number of hydrogen-bond acceptors (Lipinski definition) is 7. The molecular weight excluding hydrogens is 298 g/mol. The standard InChI is InChI=1S/C12H19N3O5S/c1-2-13-3-6-4-15(12(21)14-10(6)19)11-9(18)8(17)7(5-16)20-11/h4,7-9,11,13,16-18H,2-3,5H2,1H3,(H,14,19,21)/t7-,8?,9?,11-/m0/s1. The molecule has 21 heavy (non-hydrogen) atoms. The van der Waals surface area contributed by atoms with Crippen molar-refractivity contribution >= 4 is 12.2 Å². The molecule has 0 saturated carbocycles. The molecule has 1 aromatic rings. The van der Waals surface area contributed by atoms with Crippen molar-refractivity contribution in [2.24, 2.45) is 0 Å². The molecule has 0 aromatic carbocycles. The first-order valence-electron chi connectivity index (χ1n) is 6.67.